The maximum absolute atomic E-state index is 14.0. The number of piperidine rings is 2. The van der Waals surface area contributed by atoms with Gasteiger partial charge in [-0.1, -0.05) is 312 Å². The molecule has 25 heteroatoms. The summed E-state index contributed by atoms with van der Waals surface area (Å²) in [4.78, 5) is 110. The summed E-state index contributed by atoms with van der Waals surface area (Å²) in [7, 11) is 0. The van der Waals surface area contributed by atoms with Crippen molar-refractivity contribution in [1.82, 2.24) is 29.4 Å². The van der Waals surface area contributed by atoms with Crippen molar-refractivity contribution in [1.29, 1.82) is 0 Å². The van der Waals surface area contributed by atoms with E-state index in [-0.39, 0.29) is 78.8 Å². The lowest BCUT2D eigenvalue weighted by Gasteiger charge is -2.34. The van der Waals surface area contributed by atoms with Crippen LogP contribution in [0.5, 0.6) is 11.5 Å². The molecule has 6 aromatic rings. The molecule has 6 aliphatic heterocycles. The Balaban J connectivity index is 0.000000152. The molecule has 4 atom stereocenters. The minimum atomic E-state index is -0.963. The van der Waals surface area contributed by atoms with Crippen molar-refractivity contribution in [3.05, 3.63) is 200 Å². The molecule has 4 saturated carbocycles. The standard InChI is InChI=1S/C31H42N4O3.C27H33BrN4O3.C26H39N3O.C25H35ClFN3O/c1-3-5-11-24-12-10-13-26(21-24)31(18-6-4-2)29(37)35(30(32)33-31)22-25-16-19-34(20-17-25)28(36)23-38-27-14-8-7-9-15-27;1-2-3-14-27(21-8-7-9-22(28)17-21)25(34)32(26(29)30-27)18-20-12-15-31(16-13-20)24(33)19-35-23-10-5-4-6-11-23;1-20-10-8-9-15-23(20)19-29-24(30)26(28-25(29)27,18-22-13-6-3-7-14-22)17-16-21-11-4-2-5-12-21;26-22-15-21(27)12-11-20(22)17-30-23(31)25(29-24(30)28,16-19-9-5-2-6-10-19)14-13-18-7-3-1-4-8-18/h7-10,12-15,21,25H,3-6,11,16-20,22-23H2,1-2H3,(H2,32,33);4-11,17,20H,2-3,12-16,18-19H2,1H3,(H2,29,30);8-10,15,21-22H,2-7,11-14,16-19H2,1H3,(H2,27,28);11-12,15,18-19H,1-10,13-14,16-17H2,(H2,28,29)/t;;26-;25-/m..11/s1. The monoisotopic (exact) mass is 1920 g/mol. The third kappa shape index (κ3) is 26.6. The molecular weight excluding hydrogens is 1770 g/mol. The normalized spacial score (nSPS) is 22.9. The van der Waals surface area contributed by atoms with E-state index in [0.29, 0.717) is 116 Å². The van der Waals surface area contributed by atoms with E-state index in [1.54, 1.807) is 25.7 Å². The Morgan fingerprint density at radius 2 is 0.828 bits per heavy atom. The van der Waals surface area contributed by atoms with Crippen molar-refractivity contribution in [3.8, 4) is 11.5 Å². The molecule has 6 heterocycles. The van der Waals surface area contributed by atoms with E-state index >= 15 is 0 Å². The van der Waals surface area contributed by atoms with Gasteiger partial charge in [0.15, 0.2) is 48.1 Å². The first-order valence-corrected chi connectivity index (χ1v) is 52.0. The average molecular weight is 1920 g/mol. The number of benzene rings is 6. The van der Waals surface area contributed by atoms with E-state index in [4.69, 9.17) is 64.0 Å². The number of nitrogens with two attached hydrogens (primary N) is 4. The van der Waals surface area contributed by atoms with Crippen LogP contribution in [0.4, 0.5) is 4.39 Å². The number of carbonyl (C=O) groups is 6. The van der Waals surface area contributed by atoms with Gasteiger partial charge < -0.3 is 42.2 Å². The fourth-order valence-corrected chi connectivity index (χ4v) is 22.8. The molecule has 134 heavy (non-hydrogen) atoms. The van der Waals surface area contributed by atoms with Gasteiger partial charge in [0.2, 0.25) is 0 Å². The van der Waals surface area contributed by atoms with Crippen LogP contribution in [0.1, 0.15) is 298 Å². The smallest absolute Gasteiger partial charge is 0.261 e. The van der Waals surface area contributed by atoms with Crippen molar-refractivity contribution in [2.24, 2.45) is 78.4 Å². The topological polar surface area (TPSA) is 294 Å². The Morgan fingerprint density at radius 1 is 0.425 bits per heavy atom. The number of guanidine groups is 4. The molecule has 10 aliphatic rings. The molecule has 0 bridgehead atoms. The number of amides is 6. The summed E-state index contributed by atoms with van der Waals surface area (Å²) in [6.45, 7) is 13.0. The number of aryl methyl sites for hydroxylation is 2. The zero-order valence-electron chi connectivity index (χ0n) is 80.2. The number of aliphatic imine (C=N–C) groups is 4. The van der Waals surface area contributed by atoms with Gasteiger partial charge in [-0.25, -0.2) is 24.4 Å². The number of para-hydroxylation sites is 2. The van der Waals surface area contributed by atoms with Crippen LogP contribution in [0.15, 0.2) is 176 Å². The third-order valence-electron chi connectivity index (χ3n) is 30.2. The van der Waals surface area contributed by atoms with E-state index in [1.807, 2.05) is 119 Å². The highest BCUT2D eigenvalue weighted by molar-refractivity contribution is 9.10. The lowest BCUT2D eigenvalue weighted by Crippen LogP contribution is -2.48. The molecule has 6 aromatic carbocycles. The van der Waals surface area contributed by atoms with Crippen molar-refractivity contribution in [2.75, 3.05) is 52.5 Å². The van der Waals surface area contributed by atoms with Gasteiger partial charge in [0, 0.05) is 48.8 Å². The molecule has 22 nitrogen and oxygen atoms in total. The predicted molar refractivity (Wildman–Crippen MR) is 537 cm³/mol. The van der Waals surface area contributed by atoms with E-state index in [2.05, 4.69) is 67.9 Å². The highest BCUT2D eigenvalue weighted by Crippen LogP contribution is 2.47. The number of nitrogens with zero attached hydrogens (tertiary/aromatic N) is 10. The molecule has 0 aromatic heterocycles. The highest BCUT2D eigenvalue weighted by atomic mass is 79.9. The first-order chi connectivity index (χ1) is 64.9. The van der Waals surface area contributed by atoms with Gasteiger partial charge in [-0.3, -0.25) is 48.4 Å². The van der Waals surface area contributed by atoms with Crippen LogP contribution in [-0.2, 0) is 59.4 Å². The lowest BCUT2D eigenvalue weighted by atomic mass is 9.75. The largest absolute Gasteiger partial charge is 0.484 e. The summed E-state index contributed by atoms with van der Waals surface area (Å²) >= 11 is 9.76. The second-order valence-corrected chi connectivity index (χ2v) is 41.1. The predicted octanol–water partition coefficient (Wildman–Crippen LogP) is 21.1. The maximum atomic E-state index is 14.0. The Labute approximate surface area is 809 Å². The number of hydrogen-bond acceptors (Lipinski definition) is 16. The zero-order valence-corrected chi connectivity index (χ0v) is 82.6. The summed E-state index contributed by atoms with van der Waals surface area (Å²) in [5.41, 5.74) is 28.4. The second-order valence-electron chi connectivity index (χ2n) is 39.8. The third-order valence-corrected chi connectivity index (χ3v) is 31.1. The molecule has 0 spiro atoms. The van der Waals surface area contributed by atoms with Crippen LogP contribution in [0.25, 0.3) is 0 Å². The fourth-order valence-electron chi connectivity index (χ4n) is 22.2. The molecule has 4 aliphatic carbocycles. The number of rotatable bonds is 35. The Bertz CT molecular complexity index is 4980. The summed E-state index contributed by atoms with van der Waals surface area (Å²) in [5, 5.41) is 0.313. The van der Waals surface area contributed by atoms with Crippen molar-refractivity contribution < 1.29 is 42.6 Å². The first-order valence-electron chi connectivity index (χ1n) is 50.9. The molecule has 2 saturated heterocycles. The molecule has 8 N–H and O–H groups in total. The highest BCUT2D eigenvalue weighted by Gasteiger charge is 2.54. The molecule has 724 valence electrons. The minimum Gasteiger partial charge on any atom is -0.484 e. The molecule has 2 unspecified atom stereocenters. The molecule has 0 radical (unpaired) electrons. The Morgan fingerprint density at radius 3 is 1.25 bits per heavy atom. The fraction of sp³-hybridized carbons (Fsp3) is 0.578. The van der Waals surface area contributed by atoms with Gasteiger partial charge in [0.1, 0.15) is 28.4 Å². The molecule has 16 rings (SSSR count). The lowest BCUT2D eigenvalue weighted by molar-refractivity contribution is -0.136. The van der Waals surface area contributed by atoms with Crippen molar-refractivity contribution >= 4 is 86.8 Å². The SMILES string of the molecule is CCCCC1(c2cccc(Br)c2)N=C(N)N(CC2CCN(C(=O)COc3ccccc3)CC2)C1=O.CCCCc1cccc(C2(CCCC)N=C(N)N(CC3CCN(C(=O)COc4ccccc4)CC3)C2=O)c1.Cc1ccccc1CN1C(=O)[C@@](CCC2CCCCC2)(CC2CCCCC2)N=C1N.NC1=N[C@](CCC2CCCCC2)(CC2CCCCC2)C(=O)N1Cc1ccc(F)cc1Cl. The van der Waals surface area contributed by atoms with Gasteiger partial charge in [-0.2, -0.15) is 0 Å². The average Bonchev–Trinajstić information content (AvgIpc) is 1.59. The van der Waals surface area contributed by atoms with E-state index in [1.165, 1.54) is 152 Å². The molecular formula is C109H149BrClFN14O8. The minimum absolute atomic E-state index is 0.00627. The van der Waals surface area contributed by atoms with Gasteiger partial charge >= 0.3 is 0 Å². The zero-order chi connectivity index (χ0) is 94.6. The number of likely N-dealkylation sites (tertiary alicyclic amines) is 2. The molecule has 6 fully saturated rings. The van der Waals surface area contributed by atoms with Crippen LogP contribution >= 0.6 is 27.5 Å². The first kappa shape index (κ1) is 102. The number of hydrogen-bond donors (Lipinski definition) is 4. The van der Waals surface area contributed by atoms with Crippen LogP contribution in [-0.4, -0.2) is 152 Å². The summed E-state index contributed by atoms with van der Waals surface area (Å²) in [6.07, 6.45) is 42.8. The van der Waals surface area contributed by atoms with Crippen LogP contribution in [0.2, 0.25) is 5.02 Å². The van der Waals surface area contributed by atoms with Gasteiger partial charge in [-0.15, -0.1) is 0 Å². The van der Waals surface area contributed by atoms with Gasteiger partial charge in [-0.05, 0) is 214 Å². The second kappa shape index (κ2) is 49.4. The number of carbonyl (C=O) groups excluding carboxylic acids is 6. The Hall–Kier alpha value is -9.68. The van der Waals surface area contributed by atoms with Crippen molar-refractivity contribution in [3.63, 3.8) is 0 Å². The van der Waals surface area contributed by atoms with Gasteiger partial charge in [0.25, 0.3) is 35.4 Å². The van der Waals surface area contributed by atoms with Gasteiger partial charge in [0.05, 0.1) is 13.1 Å². The van der Waals surface area contributed by atoms with Crippen LogP contribution in [0, 0.1) is 48.2 Å². The maximum Gasteiger partial charge on any atom is 0.261 e. The summed E-state index contributed by atoms with van der Waals surface area (Å²) < 4.78 is 25.6. The van der Waals surface area contributed by atoms with Crippen molar-refractivity contribution in [2.45, 2.75) is 313 Å². The van der Waals surface area contributed by atoms with E-state index < -0.39 is 22.2 Å². The summed E-state index contributed by atoms with van der Waals surface area (Å²) in [6, 6.07) is 47.5. The van der Waals surface area contributed by atoms with Crippen LogP contribution < -0.4 is 32.4 Å². The number of ether oxygens (including phenoxy) is 2. The van der Waals surface area contributed by atoms with E-state index in [0.717, 1.165) is 136 Å². The Kier molecular flexibility index (Phi) is 37.5. The van der Waals surface area contributed by atoms with Crippen LogP contribution in [0.3, 0.4) is 0 Å². The number of halogens is 3. The summed E-state index contributed by atoms with van der Waals surface area (Å²) in [5.74, 6) is 5.55. The number of unbranched alkanes of at least 4 members (excludes halogenated alkanes) is 3. The molecule has 6 amide bonds. The van der Waals surface area contributed by atoms with E-state index in [9.17, 15) is 33.2 Å². The quantitative estimate of drug-likeness (QED) is 0.0289.